The quantitative estimate of drug-likeness (QED) is 0.794. The highest BCUT2D eigenvalue weighted by molar-refractivity contribution is 5.49. The molecule has 3 heteroatoms. The Kier molecular flexibility index (Phi) is 5.38. The highest BCUT2D eigenvalue weighted by Gasteiger charge is 2.04. The van der Waals surface area contributed by atoms with Crippen molar-refractivity contribution >= 4 is 5.69 Å². The summed E-state index contributed by atoms with van der Waals surface area (Å²) in [6, 6.07) is 9.81. The third-order valence-corrected chi connectivity index (χ3v) is 2.54. The van der Waals surface area contributed by atoms with Crippen LogP contribution in [-0.4, -0.2) is 19.6 Å². The van der Waals surface area contributed by atoms with Gasteiger partial charge in [0.15, 0.2) is 0 Å². The molecule has 16 heavy (non-hydrogen) atoms. The van der Waals surface area contributed by atoms with Gasteiger partial charge in [0.2, 0.25) is 0 Å². The Balaban J connectivity index is 2.72. The van der Waals surface area contributed by atoms with E-state index < -0.39 is 0 Å². The van der Waals surface area contributed by atoms with Crippen molar-refractivity contribution < 1.29 is 0 Å². The molecule has 0 saturated heterocycles. The molecule has 0 atom stereocenters. The summed E-state index contributed by atoms with van der Waals surface area (Å²) >= 11 is 0. The van der Waals surface area contributed by atoms with Crippen LogP contribution in [-0.2, 0) is 0 Å². The van der Waals surface area contributed by atoms with E-state index >= 15 is 0 Å². The second-order valence-corrected chi connectivity index (χ2v) is 3.79. The van der Waals surface area contributed by atoms with Crippen molar-refractivity contribution in [3.63, 3.8) is 0 Å². The topological polar surface area (TPSA) is 53.0 Å². The second kappa shape index (κ2) is 6.86. The largest absolute Gasteiger partial charge is 0.370 e. The van der Waals surface area contributed by atoms with E-state index in [1.807, 2.05) is 24.3 Å². The zero-order valence-electron chi connectivity index (χ0n) is 9.82. The van der Waals surface area contributed by atoms with Gasteiger partial charge >= 0.3 is 0 Å². The lowest BCUT2D eigenvalue weighted by atomic mass is 10.2. The van der Waals surface area contributed by atoms with Crippen molar-refractivity contribution in [3.8, 4) is 6.07 Å². The molecule has 0 aliphatic rings. The highest BCUT2D eigenvalue weighted by atomic mass is 15.1. The Hall–Kier alpha value is -1.53. The van der Waals surface area contributed by atoms with Gasteiger partial charge in [-0.2, -0.15) is 5.26 Å². The Morgan fingerprint density at radius 2 is 1.94 bits per heavy atom. The Morgan fingerprint density at radius 1 is 1.25 bits per heavy atom. The summed E-state index contributed by atoms with van der Waals surface area (Å²) in [4.78, 5) is 2.27. The molecule has 0 amide bonds. The van der Waals surface area contributed by atoms with Crippen LogP contribution in [0.3, 0.4) is 0 Å². The minimum Gasteiger partial charge on any atom is -0.370 e. The van der Waals surface area contributed by atoms with Crippen molar-refractivity contribution in [2.75, 3.05) is 24.5 Å². The minimum absolute atomic E-state index is 0.656. The average molecular weight is 217 g/mol. The maximum Gasteiger partial charge on any atom is 0.0991 e. The third kappa shape index (κ3) is 3.56. The maximum atomic E-state index is 8.73. The first-order valence-electron chi connectivity index (χ1n) is 5.77. The zero-order valence-corrected chi connectivity index (χ0v) is 9.82. The number of nitrogens with zero attached hydrogens (tertiary/aromatic N) is 2. The van der Waals surface area contributed by atoms with Gasteiger partial charge < -0.3 is 10.6 Å². The van der Waals surface area contributed by atoms with Crippen molar-refractivity contribution in [1.82, 2.24) is 0 Å². The zero-order chi connectivity index (χ0) is 11.8. The second-order valence-electron chi connectivity index (χ2n) is 3.79. The van der Waals surface area contributed by atoms with Crippen LogP contribution in [0.4, 0.5) is 5.69 Å². The molecule has 0 fully saturated rings. The summed E-state index contributed by atoms with van der Waals surface area (Å²) < 4.78 is 0. The Labute approximate surface area is 97.5 Å². The van der Waals surface area contributed by atoms with Gasteiger partial charge in [-0.1, -0.05) is 13.3 Å². The average Bonchev–Trinajstić information content (AvgIpc) is 2.35. The van der Waals surface area contributed by atoms with Crippen molar-refractivity contribution in [2.24, 2.45) is 5.73 Å². The van der Waals surface area contributed by atoms with E-state index in [1.54, 1.807) is 0 Å². The Morgan fingerprint density at radius 3 is 2.44 bits per heavy atom. The van der Waals surface area contributed by atoms with Crippen molar-refractivity contribution in [1.29, 1.82) is 5.26 Å². The van der Waals surface area contributed by atoms with E-state index in [4.69, 9.17) is 11.0 Å². The van der Waals surface area contributed by atoms with Crippen molar-refractivity contribution in [3.05, 3.63) is 29.8 Å². The molecular formula is C13H19N3. The van der Waals surface area contributed by atoms with Gasteiger partial charge in [0.05, 0.1) is 11.6 Å². The van der Waals surface area contributed by atoms with E-state index in [0.717, 1.165) is 18.8 Å². The fourth-order valence-corrected chi connectivity index (χ4v) is 1.62. The lowest BCUT2D eigenvalue weighted by Gasteiger charge is -2.24. The number of anilines is 1. The van der Waals surface area contributed by atoms with Crippen LogP contribution in [0, 0.1) is 11.3 Å². The first-order chi connectivity index (χ1) is 7.81. The van der Waals surface area contributed by atoms with Crippen LogP contribution < -0.4 is 10.6 Å². The number of benzene rings is 1. The number of hydrogen-bond acceptors (Lipinski definition) is 3. The van der Waals surface area contributed by atoms with Crippen LogP contribution in [0.1, 0.15) is 25.3 Å². The number of rotatable bonds is 6. The fraction of sp³-hybridized carbons (Fsp3) is 0.462. The van der Waals surface area contributed by atoms with E-state index in [2.05, 4.69) is 17.9 Å². The molecular weight excluding hydrogens is 198 g/mol. The minimum atomic E-state index is 0.656. The first kappa shape index (κ1) is 12.5. The summed E-state index contributed by atoms with van der Waals surface area (Å²) in [6.45, 7) is 4.73. The molecule has 0 saturated carbocycles. The van der Waals surface area contributed by atoms with E-state index in [9.17, 15) is 0 Å². The highest BCUT2D eigenvalue weighted by Crippen LogP contribution is 2.15. The summed E-state index contributed by atoms with van der Waals surface area (Å²) in [5, 5.41) is 8.73. The summed E-state index contributed by atoms with van der Waals surface area (Å²) in [5.74, 6) is 0. The van der Waals surface area contributed by atoms with E-state index in [-0.39, 0.29) is 0 Å². The van der Waals surface area contributed by atoms with Crippen LogP contribution in [0.5, 0.6) is 0 Å². The van der Waals surface area contributed by atoms with Crippen LogP contribution in [0.2, 0.25) is 0 Å². The number of hydrogen-bond donors (Lipinski definition) is 1. The molecule has 0 spiro atoms. The van der Waals surface area contributed by atoms with Crippen LogP contribution in [0.15, 0.2) is 24.3 Å². The van der Waals surface area contributed by atoms with Gasteiger partial charge in [-0.15, -0.1) is 0 Å². The van der Waals surface area contributed by atoms with Crippen LogP contribution >= 0.6 is 0 Å². The summed E-state index contributed by atoms with van der Waals surface area (Å²) in [6.07, 6.45) is 2.34. The smallest absolute Gasteiger partial charge is 0.0991 e. The number of unbranched alkanes of at least 4 members (excludes halogenated alkanes) is 1. The van der Waals surface area contributed by atoms with Gasteiger partial charge in [0, 0.05) is 25.3 Å². The van der Waals surface area contributed by atoms with Gasteiger partial charge in [-0.25, -0.2) is 0 Å². The van der Waals surface area contributed by atoms with Gasteiger partial charge in [-0.3, -0.25) is 0 Å². The number of nitrogens with two attached hydrogens (primary N) is 1. The molecule has 0 radical (unpaired) electrons. The molecule has 1 aromatic rings. The molecule has 86 valence electrons. The molecule has 0 heterocycles. The van der Waals surface area contributed by atoms with E-state index in [0.29, 0.717) is 12.1 Å². The molecule has 2 N–H and O–H groups in total. The Bertz CT molecular complexity index is 337. The molecule has 0 unspecified atom stereocenters. The standard InChI is InChI=1S/C13H19N3/c1-2-3-9-16(10-8-14)13-6-4-12(11-15)5-7-13/h4-7H,2-3,8-10,14H2,1H3. The lowest BCUT2D eigenvalue weighted by molar-refractivity contribution is 0.715. The molecule has 1 rings (SSSR count). The molecule has 0 aliphatic carbocycles. The summed E-state index contributed by atoms with van der Waals surface area (Å²) in [7, 11) is 0. The molecule has 1 aromatic carbocycles. The predicted octanol–water partition coefficient (Wildman–Crippen LogP) is 2.12. The number of nitriles is 1. The summed E-state index contributed by atoms with van der Waals surface area (Å²) in [5.41, 5.74) is 7.45. The lowest BCUT2D eigenvalue weighted by Crippen LogP contribution is -2.30. The molecule has 0 aliphatic heterocycles. The van der Waals surface area contributed by atoms with Gasteiger partial charge in [0.25, 0.3) is 0 Å². The third-order valence-electron chi connectivity index (χ3n) is 2.54. The normalized spacial score (nSPS) is 9.81. The van der Waals surface area contributed by atoms with Gasteiger partial charge in [-0.05, 0) is 30.7 Å². The van der Waals surface area contributed by atoms with Gasteiger partial charge in [0.1, 0.15) is 0 Å². The molecule has 0 bridgehead atoms. The molecule has 3 nitrogen and oxygen atoms in total. The fourth-order valence-electron chi connectivity index (χ4n) is 1.62. The SMILES string of the molecule is CCCCN(CCN)c1ccc(C#N)cc1. The first-order valence-corrected chi connectivity index (χ1v) is 5.77. The molecule has 0 aromatic heterocycles. The van der Waals surface area contributed by atoms with Crippen molar-refractivity contribution in [2.45, 2.75) is 19.8 Å². The van der Waals surface area contributed by atoms with Crippen LogP contribution in [0.25, 0.3) is 0 Å². The maximum absolute atomic E-state index is 8.73. The van der Waals surface area contributed by atoms with E-state index in [1.165, 1.54) is 12.8 Å². The predicted molar refractivity (Wildman–Crippen MR) is 67.3 cm³/mol. The monoisotopic (exact) mass is 217 g/mol.